The Morgan fingerprint density at radius 1 is 1.29 bits per heavy atom. The van der Waals surface area contributed by atoms with Gasteiger partial charge >= 0.3 is 0 Å². The summed E-state index contributed by atoms with van der Waals surface area (Å²) in [5.41, 5.74) is 11.5. The average molecular weight is 318 g/mol. The smallest absolute Gasteiger partial charge is 0.215 e. The molecule has 2 N–H and O–H groups in total. The van der Waals surface area contributed by atoms with Gasteiger partial charge in [-0.05, 0) is 31.6 Å². The number of allylic oxidation sites excluding steroid dienone is 5. The summed E-state index contributed by atoms with van der Waals surface area (Å²) in [6.07, 6.45) is 11.7. The van der Waals surface area contributed by atoms with E-state index in [0.29, 0.717) is 0 Å². The van der Waals surface area contributed by atoms with Crippen LogP contribution < -0.4 is 5.73 Å². The number of benzene rings is 1. The van der Waals surface area contributed by atoms with Gasteiger partial charge in [0.25, 0.3) is 0 Å². The fourth-order valence-electron chi connectivity index (χ4n) is 3.36. The van der Waals surface area contributed by atoms with E-state index in [1.54, 1.807) is 0 Å². The number of aromatic nitrogens is 3. The van der Waals surface area contributed by atoms with E-state index in [-0.39, 0.29) is 5.41 Å². The second-order valence-electron chi connectivity index (χ2n) is 6.93. The monoisotopic (exact) mass is 318 g/mol. The number of rotatable bonds is 2. The maximum Gasteiger partial charge on any atom is 0.215 e. The van der Waals surface area contributed by atoms with E-state index in [0.717, 1.165) is 34.6 Å². The van der Waals surface area contributed by atoms with Crippen molar-refractivity contribution in [3.63, 3.8) is 0 Å². The van der Waals surface area contributed by atoms with E-state index in [9.17, 15) is 0 Å². The molecule has 3 aromatic rings. The Morgan fingerprint density at radius 3 is 2.75 bits per heavy atom. The fourth-order valence-corrected chi connectivity index (χ4v) is 3.36. The minimum atomic E-state index is -0.0541. The number of aryl methyl sites for hydroxylation is 1. The van der Waals surface area contributed by atoms with E-state index >= 15 is 0 Å². The molecule has 0 fully saturated rings. The number of hydrogen-bond donors (Lipinski definition) is 1. The first-order valence-corrected chi connectivity index (χ1v) is 8.24. The third kappa shape index (κ3) is 2.26. The fraction of sp³-hybridized carbons (Fsp3) is 0.250. The molecule has 0 saturated carbocycles. The largest absolute Gasteiger partial charge is 0.397 e. The molecule has 0 bridgehead atoms. The molecule has 0 radical (unpaired) electrons. The first kappa shape index (κ1) is 14.8. The van der Waals surface area contributed by atoms with Gasteiger partial charge < -0.3 is 10.3 Å². The Balaban J connectivity index is 1.78. The van der Waals surface area contributed by atoms with Crippen molar-refractivity contribution in [2.24, 2.45) is 18.2 Å². The minimum Gasteiger partial charge on any atom is -0.397 e. The molecule has 1 unspecified atom stereocenters. The van der Waals surface area contributed by atoms with Crippen molar-refractivity contribution in [1.29, 1.82) is 0 Å². The van der Waals surface area contributed by atoms with Gasteiger partial charge in [0.1, 0.15) is 5.69 Å². The number of nitrogens with zero attached hydrogens (tertiary/aromatic N) is 3. The first-order valence-electron chi connectivity index (χ1n) is 8.24. The lowest BCUT2D eigenvalue weighted by Gasteiger charge is -2.24. The van der Waals surface area contributed by atoms with Crippen molar-refractivity contribution >= 4 is 22.5 Å². The molecule has 2 heterocycles. The number of hydrogen-bond acceptors (Lipinski definition) is 2. The van der Waals surface area contributed by atoms with Crippen LogP contribution in [0.4, 0.5) is 0 Å². The van der Waals surface area contributed by atoms with Crippen molar-refractivity contribution in [2.75, 3.05) is 0 Å². The molecule has 0 aliphatic heterocycles. The highest BCUT2D eigenvalue weighted by molar-refractivity contribution is 5.81. The van der Waals surface area contributed by atoms with Crippen molar-refractivity contribution in [2.45, 2.75) is 20.3 Å². The van der Waals surface area contributed by atoms with Crippen LogP contribution in [0.15, 0.2) is 60.3 Å². The zero-order valence-electron chi connectivity index (χ0n) is 14.3. The summed E-state index contributed by atoms with van der Waals surface area (Å²) in [5, 5.41) is 0. The SMILES string of the molecule is CC1=CCC(C)(C=C(N)c2cn3c4ccccc4n(C)c3n2)C=C1. The predicted molar refractivity (Wildman–Crippen MR) is 99.5 cm³/mol. The van der Waals surface area contributed by atoms with Crippen molar-refractivity contribution < 1.29 is 0 Å². The van der Waals surface area contributed by atoms with Gasteiger partial charge in [-0.3, -0.25) is 4.40 Å². The maximum atomic E-state index is 6.38. The molecule has 1 atom stereocenters. The van der Waals surface area contributed by atoms with Gasteiger partial charge in [0, 0.05) is 18.7 Å². The quantitative estimate of drug-likeness (QED) is 0.775. The normalized spacial score (nSPS) is 21.6. The molecule has 122 valence electrons. The van der Waals surface area contributed by atoms with Crippen LogP contribution in [0.2, 0.25) is 0 Å². The molecular weight excluding hydrogens is 296 g/mol. The molecule has 0 spiro atoms. The number of nitrogens with two attached hydrogens (primary N) is 1. The second-order valence-corrected chi connectivity index (χ2v) is 6.93. The van der Waals surface area contributed by atoms with Gasteiger partial charge in [-0.15, -0.1) is 0 Å². The third-order valence-electron chi connectivity index (χ3n) is 4.86. The Hall–Kier alpha value is -2.75. The topological polar surface area (TPSA) is 48.2 Å². The molecular formula is C20H22N4. The summed E-state index contributed by atoms with van der Waals surface area (Å²) in [6, 6.07) is 8.30. The van der Waals surface area contributed by atoms with E-state index in [1.165, 1.54) is 5.57 Å². The van der Waals surface area contributed by atoms with Gasteiger partial charge in [-0.2, -0.15) is 0 Å². The molecule has 0 saturated heterocycles. The standard InChI is InChI=1S/C20H22N4/c1-14-8-10-20(2,11-9-14)12-15(21)16-13-24-18-7-5-4-6-17(18)23(3)19(24)22-16/h4-10,12-13H,11,21H2,1-3H3. The molecule has 1 aliphatic rings. The first-order chi connectivity index (χ1) is 11.5. The molecule has 1 aliphatic carbocycles. The lowest BCUT2D eigenvalue weighted by atomic mass is 9.81. The summed E-state index contributed by atoms with van der Waals surface area (Å²) in [7, 11) is 2.03. The Labute approximate surface area is 141 Å². The molecule has 4 heteroatoms. The summed E-state index contributed by atoms with van der Waals surface area (Å²) in [5.74, 6) is 0.905. The van der Waals surface area contributed by atoms with Gasteiger partial charge in [0.2, 0.25) is 5.78 Å². The minimum absolute atomic E-state index is 0.0541. The van der Waals surface area contributed by atoms with Gasteiger partial charge in [-0.1, -0.05) is 42.9 Å². The van der Waals surface area contributed by atoms with Crippen molar-refractivity contribution in [3.8, 4) is 0 Å². The third-order valence-corrected chi connectivity index (χ3v) is 4.86. The van der Waals surface area contributed by atoms with Crippen LogP contribution >= 0.6 is 0 Å². The average Bonchev–Trinajstić information content (AvgIpc) is 3.11. The summed E-state index contributed by atoms with van der Waals surface area (Å²) >= 11 is 0. The number of para-hydroxylation sites is 2. The number of fused-ring (bicyclic) bond motifs is 3. The highest BCUT2D eigenvalue weighted by atomic mass is 15.2. The Morgan fingerprint density at radius 2 is 2.04 bits per heavy atom. The van der Waals surface area contributed by atoms with Crippen LogP contribution in [0.5, 0.6) is 0 Å². The van der Waals surface area contributed by atoms with Crippen LogP contribution in [0.3, 0.4) is 0 Å². The van der Waals surface area contributed by atoms with Gasteiger partial charge in [-0.25, -0.2) is 4.98 Å². The lowest BCUT2D eigenvalue weighted by Crippen LogP contribution is -2.14. The molecule has 0 amide bonds. The highest BCUT2D eigenvalue weighted by Gasteiger charge is 2.21. The van der Waals surface area contributed by atoms with Crippen LogP contribution in [-0.4, -0.2) is 14.0 Å². The van der Waals surface area contributed by atoms with E-state index < -0.39 is 0 Å². The molecule has 4 rings (SSSR count). The Bertz CT molecular complexity index is 1030. The maximum absolute atomic E-state index is 6.38. The summed E-state index contributed by atoms with van der Waals surface area (Å²) in [6.45, 7) is 4.32. The van der Waals surface area contributed by atoms with E-state index in [4.69, 9.17) is 10.7 Å². The van der Waals surface area contributed by atoms with Crippen LogP contribution in [0.25, 0.3) is 22.5 Å². The van der Waals surface area contributed by atoms with E-state index in [2.05, 4.69) is 59.3 Å². The van der Waals surface area contributed by atoms with Crippen molar-refractivity contribution in [1.82, 2.24) is 14.0 Å². The zero-order chi connectivity index (χ0) is 16.9. The summed E-state index contributed by atoms with van der Waals surface area (Å²) < 4.78 is 4.20. The van der Waals surface area contributed by atoms with Crippen LogP contribution in [0.1, 0.15) is 26.0 Å². The molecule has 2 aromatic heterocycles. The van der Waals surface area contributed by atoms with Crippen LogP contribution in [-0.2, 0) is 7.05 Å². The van der Waals surface area contributed by atoms with Gasteiger partial charge in [0.15, 0.2) is 0 Å². The second kappa shape index (κ2) is 5.13. The number of imidazole rings is 2. The van der Waals surface area contributed by atoms with Gasteiger partial charge in [0.05, 0.1) is 16.7 Å². The summed E-state index contributed by atoms with van der Waals surface area (Å²) in [4.78, 5) is 4.75. The molecule has 4 nitrogen and oxygen atoms in total. The van der Waals surface area contributed by atoms with Crippen molar-refractivity contribution in [3.05, 3.63) is 66.0 Å². The zero-order valence-corrected chi connectivity index (χ0v) is 14.3. The van der Waals surface area contributed by atoms with E-state index in [1.807, 2.05) is 25.4 Å². The predicted octanol–water partition coefficient (Wildman–Crippen LogP) is 4.04. The highest BCUT2D eigenvalue weighted by Crippen LogP contribution is 2.33. The molecule has 24 heavy (non-hydrogen) atoms. The Kier molecular flexibility index (Phi) is 3.17. The lowest BCUT2D eigenvalue weighted by molar-refractivity contribution is 0.554. The van der Waals surface area contributed by atoms with Crippen LogP contribution in [0, 0.1) is 5.41 Å². The molecule has 1 aromatic carbocycles.